The number of rotatable bonds is 22. The Balaban J connectivity index is 3.61. The molecule has 0 amide bonds. The molecule has 2 radical (unpaired) electrons. The summed E-state index contributed by atoms with van der Waals surface area (Å²) in [4.78, 5) is 28.1. The Kier molecular flexibility index (Phi) is 25.3. The van der Waals surface area contributed by atoms with Crippen LogP contribution in [0.5, 0.6) is 0 Å². The van der Waals surface area contributed by atoms with Crippen molar-refractivity contribution in [1.82, 2.24) is 0 Å². The Bertz CT molecular complexity index is 406. The standard InChI is InChI=1S/2C10H20O2S.2CH3.O.2Sn/c2*1-2-3-4-5-6-7-8-12-10(11)9-13;;;;;/h2*13H,2-9H2,1H3;2*1H3;;;/q;;;;;2*+1/p-2. The molecule has 0 aromatic rings. The number of carbonyl (C=O) groups excluding carboxylic acids is 2. The SMILES string of the molecule is CCCCCCCCOC(=O)C[S][Sn]([CH3])[O][Sn]([CH3])[S]CC(=O)OCCCCCCCC. The summed E-state index contributed by atoms with van der Waals surface area (Å²) in [6.45, 7) is 5.51. The minimum absolute atomic E-state index is 0.116. The van der Waals surface area contributed by atoms with Crippen LogP contribution in [-0.4, -0.2) is 74.2 Å². The van der Waals surface area contributed by atoms with Gasteiger partial charge in [0.05, 0.1) is 0 Å². The second kappa shape index (κ2) is 24.3. The zero-order valence-corrected chi connectivity index (χ0v) is 27.5. The van der Waals surface area contributed by atoms with E-state index < -0.39 is 37.6 Å². The van der Waals surface area contributed by atoms with Crippen molar-refractivity contribution >= 4 is 67.4 Å². The van der Waals surface area contributed by atoms with Gasteiger partial charge in [0.15, 0.2) is 0 Å². The van der Waals surface area contributed by atoms with E-state index in [1.54, 1.807) is 17.9 Å². The van der Waals surface area contributed by atoms with Gasteiger partial charge < -0.3 is 0 Å². The predicted molar refractivity (Wildman–Crippen MR) is 138 cm³/mol. The molecule has 0 fully saturated rings. The summed E-state index contributed by atoms with van der Waals surface area (Å²) in [5.74, 6) is 0.578. The normalized spacial score (nSPS) is 11.3. The third-order valence-electron chi connectivity index (χ3n) is 4.60. The maximum absolute atomic E-state index is 11.9. The molecule has 5 nitrogen and oxygen atoms in total. The van der Waals surface area contributed by atoms with Gasteiger partial charge in [-0.3, -0.25) is 0 Å². The topological polar surface area (TPSA) is 61.8 Å². The molecule has 0 unspecified atom stereocenters. The van der Waals surface area contributed by atoms with E-state index in [-0.39, 0.29) is 11.9 Å². The van der Waals surface area contributed by atoms with Gasteiger partial charge >= 0.3 is 213 Å². The molecule has 0 aromatic carbocycles. The van der Waals surface area contributed by atoms with Crippen molar-refractivity contribution in [1.29, 1.82) is 0 Å². The van der Waals surface area contributed by atoms with Gasteiger partial charge in [0.1, 0.15) is 0 Å². The van der Waals surface area contributed by atoms with Crippen LogP contribution in [0.25, 0.3) is 0 Å². The van der Waals surface area contributed by atoms with Crippen molar-refractivity contribution in [3.63, 3.8) is 0 Å². The van der Waals surface area contributed by atoms with Crippen molar-refractivity contribution in [2.45, 2.75) is 101 Å². The Morgan fingerprint density at radius 2 is 0.968 bits per heavy atom. The van der Waals surface area contributed by atoms with E-state index in [1.165, 1.54) is 51.4 Å². The summed E-state index contributed by atoms with van der Waals surface area (Å²) in [5, 5.41) is 0. The Morgan fingerprint density at radius 3 is 1.35 bits per heavy atom. The van der Waals surface area contributed by atoms with Crippen LogP contribution in [0.3, 0.4) is 0 Å². The molecular formula is C22H44O5S2Sn2. The van der Waals surface area contributed by atoms with Crippen molar-refractivity contribution in [2.75, 3.05) is 24.7 Å². The molecule has 0 spiro atoms. The van der Waals surface area contributed by atoms with E-state index in [2.05, 4.69) is 23.7 Å². The molecule has 0 aliphatic carbocycles. The average Bonchev–Trinajstić information content (AvgIpc) is 2.75. The van der Waals surface area contributed by atoms with E-state index in [1.807, 2.05) is 0 Å². The molecule has 9 heteroatoms. The number of ether oxygens (including phenoxy) is 2. The van der Waals surface area contributed by atoms with E-state index in [0.29, 0.717) is 24.7 Å². The van der Waals surface area contributed by atoms with Gasteiger partial charge in [-0.15, -0.1) is 0 Å². The number of unbranched alkanes of at least 4 members (excludes halogenated alkanes) is 10. The number of hydrogen-bond donors (Lipinski definition) is 0. The first kappa shape index (κ1) is 32.2. The summed E-state index contributed by atoms with van der Waals surface area (Å²) >= 11 is -4.07. The zero-order chi connectivity index (χ0) is 23.2. The number of esters is 2. The average molecular weight is 690 g/mol. The fourth-order valence-corrected chi connectivity index (χ4v) is 39.5. The molecule has 0 aliphatic heterocycles. The fraction of sp³-hybridized carbons (Fsp3) is 0.909. The van der Waals surface area contributed by atoms with E-state index >= 15 is 0 Å². The molecule has 0 saturated heterocycles. The summed E-state index contributed by atoms with van der Waals surface area (Å²) in [6, 6.07) is 0. The van der Waals surface area contributed by atoms with Gasteiger partial charge in [0.25, 0.3) is 0 Å². The van der Waals surface area contributed by atoms with Crippen LogP contribution in [-0.2, 0) is 20.5 Å². The summed E-state index contributed by atoms with van der Waals surface area (Å²) in [5.41, 5.74) is 0. The molecule has 0 aromatic heterocycles. The van der Waals surface area contributed by atoms with Crippen LogP contribution >= 0.6 is 17.9 Å². The molecule has 31 heavy (non-hydrogen) atoms. The Labute approximate surface area is 211 Å². The molecule has 0 heterocycles. The molecule has 0 rings (SSSR count). The number of carbonyl (C=O) groups is 2. The van der Waals surface area contributed by atoms with Crippen LogP contribution in [0, 0.1) is 0 Å². The van der Waals surface area contributed by atoms with Crippen LogP contribution < -0.4 is 0 Å². The molecule has 182 valence electrons. The van der Waals surface area contributed by atoms with Crippen molar-refractivity contribution in [2.24, 2.45) is 0 Å². The third kappa shape index (κ3) is 24.1. The Morgan fingerprint density at radius 1 is 0.613 bits per heavy atom. The summed E-state index contributed by atoms with van der Waals surface area (Å²) in [7, 11) is 3.33. The van der Waals surface area contributed by atoms with Crippen molar-refractivity contribution in [3.05, 3.63) is 0 Å². The number of hydrogen-bond acceptors (Lipinski definition) is 7. The van der Waals surface area contributed by atoms with E-state index in [9.17, 15) is 9.59 Å². The van der Waals surface area contributed by atoms with E-state index in [0.717, 1.165) is 25.7 Å². The third-order valence-corrected chi connectivity index (χ3v) is 35.8. The van der Waals surface area contributed by atoms with Crippen LogP contribution in [0.4, 0.5) is 0 Å². The molecule has 0 atom stereocenters. The first-order valence-electron chi connectivity index (χ1n) is 11.9. The van der Waals surface area contributed by atoms with Gasteiger partial charge in [0, 0.05) is 0 Å². The quantitative estimate of drug-likeness (QED) is 0.0730. The van der Waals surface area contributed by atoms with Gasteiger partial charge in [0.2, 0.25) is 0 Å². The first-order valence-corrected chi connectivity index (χ1v) is 28.9. The van der Waals surface area contributed by atoms with Crippen molar-refractivity contribution < 1.29 is 20.5 Å². The van der Waals surface area contributed by atoms with Gasteiger partial charge in [-0.05, 0) is 0 Å². The second-order valence-corrected chi connectivity index (χ2v) is 31.6. The zero-order valence-electron chi connectivity index (χ0n) is 20.2. The molecule has 0 saturated carbocycles. The molecular weight excluding hydrogens is 646 g/mol. The monoisotopic (exact) mass is 692 g/mol. The molecule has 0 N–H and O–H groups in total. The first-order chi connectivity index (χ1) is 15.0. The minimum atomic E-state index is -2.03. The van der Waals surface area contributed by atoms with Crippen LogP contribution in [0.2, 0.25) is 9.88 Å². The van der Waals surface area contributed by atoms with Gasteiger partial charge in [-0.1, -0.05) is 0 Å². The second-order valence-electron chi connectivity index (χ2n) is 7.64. The summed E-state index contributed by atoms with van der Waals surface area (Å²) < 4.78 is 16.9. The fourth-order valence-electron chi connectivity index (χ4n) is 2.80. The van der Waals surface area contributed by atoms with Gasteiger partial charge in [-0.25, -0.2) is 0 Å². The summed E-state index contributed by atoms with van der Waals surface area (Å²) in [6.07, 6.45) is 14.3. The van der Waals surface area contributed by atoms with Gasteiger partial charge in [-0.2, -0.15) is 0 Å². The Hall–Kier alpha value is 1.20. The van der Waals surface area contributed by atoms with E-state index in [4.69, 9.17) is 10.9 Å². The predicted octanol–water partition coefficient (Wildman–Crippen LogP) is 6.51. The molecule has 0 aliphatic rings. The van der Waals surface area contributed by atoms with Crippen LogP contribution in [0.15, 0.2) is 0 Å². The maximum atomic E-state index is 11.9. The van der Waals surface area contributed by atoms with Crippen LogP contribution in [0.1, 0.15) is 90.9 Å². The van der Waals surface area contributed by atoms with Crippen molar-refractivity contribution in [3.8, 4) is 0 Å². The molecule has 0 bridgehead atoms.